The van der Waals surface area contributed by atoms with Crippen molar-refractivity contribution in [2.24, 2.45) is 0 Å². The molecular formula is C11H15FN2O. The molecule has 0 aliphatic carbocycles. The zero-order valence-electron chi connectivity index (χ0n) is 8.88. The number of anilines is 1. The summed E-state index contributed by atoms with van der Waals surface area (Å²) in [6, 6.07) is 4.96. The van der Waals surface area contributed by atoms with Crippen LogP contribution in [0.5, 0.6) is 5.75 Å². The second-order valence-corrected chi connectivity index (χ2v) is 3.76. The molecule has 2 atom stereocenters. The summed E-state index contributed by atoms with van der Waals surface area (Å²) in [4.78, 5) is 0. The van der Waals surface area contributed by atoms with Crippen molar-refractivity contribution in [2.45, 2.75) is 19.1 Å². The summed E-state index contributed by atoms with van der Waals surface area (Å²) in [6.45, 7) is 2.72. The molecule has 0 saturated carbocycles. The van der Waals surface area contributed by atoms with Gasteiger partial charge in [0.25, 0.3) is 0 Å². The lowest BCUT2D eigenvalue weighted by molar-refractivity contribution is 0.173. The van der Waals surface area contributed by atoms with Crippen LogP contribution in [0.4, 0.5) is 10.1 Å². The summed E-state index contributed by atoms with van der Waals surface area (Å²) in [7, 11) is 1.87. The van der Waals surface area contributed by atoms with E-state index < -0.39 is 0 Å². The zero-order chi connectivity index (χ0) is 10.8. The molecule has 0 spiro atoms. The van der Waals surface area contributed by atoms with Crippen LogP contribution in [0.1, 0.15) is 6.92 Å². The van der Waals surface area contributed by atoms with Gasteiger partial charge in [0.1, 0.15) is 23.4 Å². The summed E-state index contributed by atoms with van der Waals surface area (Å²) < 4.78 is 19.1. The Kier molecular flexibility index (Phi) is 2.77. The Bertz CT molecular complexity index is 356. The fourth-order valence-corrected chi connectivity index (χ4v) is 1.75. The van der Waals surface area contributed by atoms with Crippen LogP contribution in [0.2, 0.25) is 0 Å². The minimum absolute atomic E-state index is 0.0318. The molecule has 0 amide bonds. The number of likely N-dealkylation sites (N-methyl/N-ethyl adjacent to an activating group) is 1. The molecule has 0 radical (unpaired) electrons. The van der Waals surface area contributed by atoms with Crippen LogP contribution >= 0.6 is 0 Å². The van der Waals surface area contributed by atoms with E-state index in [9.17, 15) is 4.39 Å². The molecule has 0 bridgehead atoms. The van der Waals surface area contributed by atoms with Gasteiger partial charge in [-0.3, -0.25) is 0 Å². The smallest absolute Gasteiger partial charge is 0.150 e. The Morgan fingerprint density at radius 2 is 2.33 bits per heavy atom. The molecular weight excluding hydrogens is 195 g/mol. The molecule has 4 heteroatoms. The van der Waals surface area contributed by atoms with Crippen LogP contribution in [0, 0.1) is 5.82 Å². The summed E-state index contributed by atoms with van der Waals surface area (Å²) >= 11 is 0. The Labute approximate surface area is 88.6 Å². The number of hydrogen-bond acceptors (Lipinski definition) is 3. The maximum Gasteiger partial charge on any atom is 0.150 e. The van der Waals surface area contributed by atoms with E-state index in [1.165, 1.54) is 6.07 Å². The summed E-state index contributed by atoms with van der Waals surface area (Å²) in [5.41, 5.74) is 0.470. The topological polar surface area (TPSA) is 33.3 Å². The highest BCUT2D eigenvalue weighted by Gasteiger charge is 2.27. The summed E-state index contributed by atoms with van der Waals surface area (Å²) in [5.74, 6) is 0.329. The second-order valence-electron chi connectivity index (χ2n) is 3.76. The zero-order valence-corrected chi connectivity index (χ0v) is 8.88. The van der Waals surface area contributed by atoms with Gasteiger partial charge in [-0.15, -0.1) is 0 Å². The number of fused-ring (bicyclic) bond motifs is 1. The van der Waals surface area contributed by atoms with Gasteiger partial charge in [-0.25, -0.2) is 4.39 Å². The van der Waals surface area contributed by atoms with E-state index in [-0.39, 0.29) is 18.0 Å². The Balaban J connectivity index is 2.25. The highest BCUT2D eigenvalue weighted by Crippen LogP contribution is 2.33. The van der Waals surface area contributed by atoms with Crippen molar-refractivity contribution in [2.75, 3.05) is 18.9 Å². The number of rotatable bonds is 2. The van der Waals surface area contributed by atoms with Gasteiger partial charge in [0.05, 0.1) is 6.04 Å². The molecule has 1 aliphatic heterocycles. The first-order valence-corrected chi connectivity index (χ1v) is 5.08. The van der Waals surface area contributed by atoms with Crippen molar-refractivity contribution < 1.29 is 9.13 Å². The van der Waals surface area contributed by atoms with Crippen molar-refractivity contribution >= 4 is 5.69 Å². The number of ether oxygens (including phenoxy) is 1. The van der Waals surface area contributed by atoms with Crippen LogP contribution in [0.3, 0.4) is 0 Å². The molecule has 3 nitrogen and oxygen atoms in total. The van der Waals surface area contributed by atoms with Crippen LogP contribution < -0.4 is 15.4 Å². The predicted octanol–water partition coefficient (Wildman–Crippen LogP) is 1.61. The number of nitrogens with one attached hydrogen (secondary N) is 2. The number of halogens is 1. The summed E-state index contributed by atoms with van der Waals surface area (Å²) in [6.07, 6.45) is 0.0318. The van der Waals surface area contributed by atoms with Gasteiger partial charge in [0, 0.05) is 6.54 Å². The SMILES string of the molecule is CNCC1Oc2cccc(F)c2NC1C. The molecule has 0 aromatic heterocycles. The number of benzene rings is 1. The fourth-order valence-electron chi connectivity index (χ4n) is 1.75. The van der Waals surface area contributed by atoms with E-state index in [2.05, 4.69) is 10.6 Å². The lowest BCUT2D eigenvalue weighted by Gasteiger charge is -2.33. The molecule has 0 saturated heterocycles. The molecule has 1 heterocycles. The van der Waals surface area contributed by atoms with Crippen molar-refractivity contribution in [1.29, 1.82) is 0 Å². The third-order valence-corrected chi connectivity index (χ3v) is 2.59. The van der Waals surface area contributed by atoms with Crippen LogP contribution in [-0.4, -0.2) is 25.7 Å². The van der Waals surface area contributed by atoms with Crippen LogP contribution in [-0.2, 0) is 0 Å². The second kappa shape index (κ2) is 4.06. The lowest BCUT2D eigenvalue weighted by Crippen LogP contribution is -2.45. The van der Waals surface area contributed by atoms with E-state index in [0.29, 0.717) is 11.4 Å². The monoisotopic (exact) mass is 210 g/mol. The van der Waals surface area contributed by atoms with E-state index in [4.69, 9.17) is 4.74 Å². The summed E-state index contributed by atoms with van der Waals surface area (Å²) in [5, 5.41) is 6.18. The third kappa shape index (κ3) is 1.90. The average Bonchev–Trinajstić information content (AvgIpc) is 2.21. The molecule has 15 heavy (non-hydrogen) atoms. The van der Waals surface area contributed by atoms with E-state index in [1.54, 1.807) is 12.1 Å². The Morgan fingerprint density at radius 3 is 3.07 bits per heavy atom. The van der Waals surface area contributed by atoms with Gasteiger partial charge in [0.15, 0.2) is 0 Å². The molecule has 1 aromatic carbocycles. The standard InChI is InChI=1S/C11H15FN2O/c1-7-10(6-13-2)15-9-5-3-4-8(12)11(9)14-7/h3-5,7,10,13-14H,6H2,1-2H3. The highest BCUT2D eigenvalue weighted by molar-refractivity contribution is 5.59. The van der Waals surface area contributed by atoms with Crippen molar-refractivity contribution in [3.8, 4) is 5.75 Å². The maximum atomic E-state index is 13.4. The van der Waals surface area contributed by atoms with Gasteiger partial charge >= 0.3 is 0 Å². The first-order valence-electron chi connectivity index (χ1n) is 5.08. The van der Waals surface area contributed by atoms with Crippen molar-refractivity contribution in [1.82, 2.24) is 5.32 Å². The van der Waals surface area contributed by atoms with Gasteiger partial charge < -0.3 is 15.4 Å². The van der Waals surface area contributed by atoms with Crippen LogP contribution in [0.25, 0.3) is 0 Å². The minimum Gasteiger partial charge on any atom is -0.485 e. The molecule has 0 fully saturated rings. The molecule has 1 aliphatic rings. The highest BCUT2D eigenvalue weighted by atomic mass is 19.1. The van der Waals surface area contributed by atoms with E-state index in [0.717, 1.165) is 6.54 Å². The maximum absolute atomic E-state index is 13.4. The molecule has 82 valence electrons. The fraction of sp³-hybridized carbons (Fsp3) is 0.455. The van der Waals surface area contributed by atoms with Crippen molar-refractivity contribution in [3.05, 3.63) is 24.0 Å². The first-order chi connectivity index (χ1) is 7.22. The van der Waals surface area contributed by atoms with E-state index in [1.807, 2.05) is 14.0 Å². The third-order valence-electron chi connectivity index (χ3n) is 2.59. The molecule has 2 unspecified atom stereocenters. The quantitative estimate of drug-likeness (QED) is 0.778. The molecule has 2 rings (SSSR count). The number of para-hydroxylation sites is 1. The van der Waals surface area contributed by atoms with Gasteiger partial charge in [-0.2, -0.15) is 0 Å². The predicted molar refractivity (Wildman–Crippen MR) is 57.8 cm³/mol. The van der Waals surface area contributed by atoms with E-state index >= 15 is 0 Å². The minimum atomic E-state index is -0.262. The lowest BCUT2D eigenvalue weighted by atomic mass is 10.1. The number of hydrogen-bond donors (Lipinski definition) is 2. The van der Waals surface area contributed by atoms with Gasteiger partial charge in [0.2, 0.25) is 0 Å². The average molecular weight is 210 g/mol. The van der Waals surface area contributed by atoms with Crippen molar-refractivity contribution in [3.63, 3.8) is 0 Å². The van der Waals surface area contributed by atoms with Gasteiger partial charge in [-0.1, -0.05) is 6.07 Å². The Morgan fingerprint density at radius 1 is 1.53 bits per heavy atom. The first kappa shape index (κ1) is 10.2. The Hall–Kier alpha value is -1.29. The largest absolute Gasteiger partial charge is 0.485 e. The van der Waals surface area contributed by atoms with Gasteiger partial charge in [-0.05, 0) is 26.1 Å². The normalized spacial score (nSPS) is 23.9. The van der Waals surface area contributed by atoms with Crippen LogP contribution in [0.15, 0.2) is 18.2 Å². The molecule has 2 N–H and O–H groups in total. The molecule has 1 aromatic rings.